The molecule has 0 radical (unpaired) electrons. The van der Waals surface area contributed by atoms with E-state index in [9.17, 15) is 13.2 Å². The molecule has 5 heteroatoms. The molecule has 0 heterocycles. The molecule has 0 spiro atoms. The first-order valence-corrected chi connectivity index (χ1v) is 5.33. The minimum atomic E-state index is -4.40. The van der Waals surface area contributed by atoms with Crippen LogP contribution in [0.25, 0.3) is 0 Å². The molecule has 1 rings (SSSR count). The van der Waals surface area contributed by atoms with Crippen LogP contribution < -0.4 is 10.1 Å². The molecule has 0 bridgehead atoms. The molecule has 1 N–H and O–H groups in total. The lowest BCUT2D eigenvalue weighted by atomic mass is 10.1. The zero-order valence-corrected chi connectivity index (χ0v) is 10.1. The molecule has 0 saturated carbocycles. The van der Waals surface area contributed by atoms with Gasteiger partial charge in [-0.15, -0.1) is 0 Å². The summed E-state index contributed by atoms with van der Waals surface area (Å²) in [6, 6.07) is 3.98. The van der Waals surface area contributed by atoms with Gasteiger partial charge in [-0.1, -0.05) is 13.8 Å². The van der Waals surface area contributed by atoms with E-state index in [1.54, 1.807) is 6.07 Å². The van der Waals surface area contributed by atoms with Crippen LogP contribution in [0.2, 0.25) is 0 Å². The van der Waals surface area contributed by atoms with Crippen molar-refractivity contribution >= 4 is 5.69 Å². The topological polar surface area (TPSA) is 21.3 Å². The van der Waals surface area contributed by atoms with Crippen LogP contribution in [0.4, 0.5) is 18.9 Å². The van der Waals surface area contributed by atoms with Crippen molar-refractivity contribution < 1.29 is 17.9 Å². The second-order valence-corrected chi connectivity index (χ2v) is 4.19. The van der Waals surface area contributed by atoms with Crippen molar-refractivity contribution in [1.82, 2.24) is 0 Å². The summed E-state index contributed by atoms with van der Waals surface area (Å²) in [5, 5.41) is 2.95. The Hall–Kier alpha value is -1.39. The SMILES string of the molecule is COc1ccc(NCC(C)C)cc1C(F)(F)F. The van der Waals surface area contributed by atoms with Crippen molar-refractivity contribution in [2.45, 2.75) is 20.0 Å². The molecule has 0 aliphatic rings. The van der Waals surface area contributed by atoms with E-state index in [1.807, 2.05) is 13.8 Å². The average molecular weight is 247 g/mol. The summed E-state index contributed by atoms with van der Waals surface area (Å²) >= 11 is 0. The molecule has 0 aliphatic carbocycles. The fraction of sp³-hybridized carbons (Fsp3) is 0.500. The number of nitrogens with one attached hydrogen (secondary N) is 1. The Morgan fingerprint density at radius 2 is 1.94 bits per heavy atom. The van der Waals surface area contributed by atoms with E-state index >= 15 is 0 Å². The predicted molar refractivity (Wildman–Crippen MR) is 61.3 cm³/mol. The zero-order valence-electron chi connectivity index (χ0n) is 10.1. The predicted octanol–water partition coefficient (Wildman–Crippen LogP) is 3.78. The third-order valence-corrected chi connectivity index (χ3v) is 2.22. The number of hydrogen-bond acceptors (Lipinski definition) is 2. The monoisotopic (exact) mass is 247 g/mol. The Morgan fingerprint density at radius 1 is 1.29 bits per heavy atom. The molecule has 0 aromatic heterocycles. The molecule has 0 aliphatic heterocycles. The molecule has 0 saturated heterocycles. The fourth-order valence-electron chi connectivity index (χ4n) is 1.36. The molecule has 2 nitrogen and oxygen atoms in total. The molecule has 0 amide bonds. The van der Waals surface area contributed by atoms with Gasteiger partial charge in [0.1, 0.15) is 5.75 Å². The Bertz CT molecular complexity index is 375. The molecule has 0 unspecified atom stereocenters. The average Bonchev–Trinajstić information content (AvgIpc) is 2.24. The van der Waals surface area contributed by atoms with Gasteiger partial charge >= 0.3 is 6.18 Å². The molecular formula is C12H16F3NO. The van der Waals surface area contributed by atoms with Crippen LogP contribution >= 0.6 is 0 Å². The molecular weight excluding hydrogens is 231 g/mol. The summed E-state index contributed by atoms with van der Waals surface area (Å²) in [4.78, 5) is 0. The van der Waals surface area contributed by atoms with Gasteiger partial charge in [-0.25, -0.2) is 0 Å². The van der Waals surface area contributed by atoms with Crippen molar-refractivity contribution in [1.29, 1.82) is 0 Å². The van der Waals surface area contributed by atoms with Crippen LogP contribution in [0.15, 0.2) is 18.2 Å². The van der Waals surface area contributed by atoms with Crippen LogP contribution in [0.3, 0.4) is 0 Å². The van der Waals surface area contributed by atoms with Crippen molar-refractivity contribution in [2.24, 2.45) is 5.92 Å². The van der Waals surface area contributed by atoms with E-state index in [1.165, 1.54) is 13.2 Å². The summed E-state index contributed by atoms with van der Waals surface area (Å²) < 4.78 is 42.8. The maximum Gasteiger partial charge on any atom is 0.420 e. The Labute approximate surface area is 98.8 Å². The minimum Gasteiger partial charge on any atom is -0.496 e. The van der Waals surface area contributed by atoms with Crippen molar-refractivity contribution in [3.8, 4) is 5.75 Å². The third kappa shape index (κ3) is 3.84. The largest absolute Gasteiger partial charge is 0.496 e. The molecule has 96 valence electrons. The first-order valence-electron chi connectivity index (χ1n) is 5.33. The minimum absolute atomic E-state index is 0.160. The first-order chi connectivity index (χ1) is 7.84. The van der Waals surface area contributed by atoms with Crippen LogP contribution in [0.1, 0.15) is 19.4 Å². The van der Waals surface area contributed by atoms with Gasteiger partial charge in [-0.2, -0.15) is 13.2 Å². The Kier molecular flexibility index (Phi) is 4.26. The smallest absolute Gasteiger partial charge is 0.420 e. The number of rotatable bonds is 4. The number of benzene rings is 1. The summed E-state index contributed by atoms with van der Waals surface area (Å²) in [6.45, 7) is 4.60. The second-order valence-electron chi connectivity index (χ2n) is 4.19. The molecule has 1 aromatic rings. The van der Waals surface area contributed by atoms with Gasteiger partial charge in [0.05, 0.1) is 12.7 Å². The highest BCUT2D eigenvalue weighted by molar-refractivity contribution is 5.52. The summed E-state index contributed by atoms with van der Waals surface area (Å²) in [5.41, 5.74) is -0.305. The van der Waals surface area contributed by atoms with Gasteiger partial charge in [0, 0.05) is 12.2 Å². The standard InChI is InChI=1S/C12H16F3NO/c1-8(2)7-16-9-4-5-11(17-3)10(6-9)12(13,14)15/h4-6,8,16H,7H2,1-3H3. The lowest BCUT2D eigenvalue weighted by molar-refractivity contribution is -0.138. The molecule has 17 heavy (non-hydrogen) atoms. The second kappa shape index (κ2) is 5.29. The maximum absolute atomic E-state index is 12.7. The van der Waals surface area contributed by atoms with Crippen LogP contribution in [0.5, 0.6) is 5.75 Å². The van der Waals surface area contributed by atoms with Crippen LogP contribution in [0, 0.1) is 5.92 Å². The number of halogens is 3. The van der Waals surface area contributed by atoms with Crippen LogP contribution in [-0.4, -0.2) is 13.7 Å². The lowest BCUT2D eigenvalue weighted by Crippen LogP contribution is -2.11. The number of methoxy groups -OCH3 is 1. The fourth-order valence-corrected chi connectivity index (χ4v) is 1.36. The number of ether oxygens (including phenoxy) is 1. The summed E-state index contributed by atoms with van der Waals surface area (Å²) in [5.74, 6) is 0.207. The summed E-state index contributed by atoms with van der Waals surface area (Å²) in [7, 11) is 1.23. The highest BCUT2D eigenvalue weighted by Gasteiger charge is 2.34. The molecule has 0 atom stereocenters. The van der Waals surface area contributed by atoms with E-state index in [0.29, 0.717) is 18.2 Å². The van der Waals surface area contributed by atoms with Gasteiger partial charge in [-0.05, 0) is 24.1 Å². The quantitative estimate of drug-likeness (QED) is 0.874. The Balaban J connectivity index is 2.97. The summed E-state index contributed by atoms with van der Waals surface area (Å²) in [6.07, 6.45) is -4.40. The van der Waals surface area contributed by atoms with Crippen LogP contribution in [-0.2, 0) is 6.18 Å². The van der Waals surface area contributed by atoms with Gasteiger partial charge < -0.3 is 10.1 Å². The number of anilines is 1. The molecule has 0 fully saturated rings. The highest BCUT2D eigenvalue weighted by atomic mass is 19.4. The van der Waals surface area contributed by atoms with Crippen molar-refractivity contribution in [2.75, 3.05) is 19.0 Å². The van der Waals surface area contributed by atoms with Crippen molar-refractivity contribution in [3.05, 3.63) is 23.8 Å². The van der Waals surface area contributed by atoms with Gasteiger partial charge in [0.25, 0.3) is 0 Å². The van der Waals surface area contributed by atoms with Crippen molar-refractivity contribution in [3.63, 3.8) is 0 Å². The maximum atomic E-state index is 12.7. The van der Waals surface area contributed by atoms with Gasteiger partial charge in [0.2, 0.25) is 0 Å². The van der Waals surface area contributed by atoms with E-state index in [4.69, 9.17) is 4.74 Å². The third-order valence-electron chi connectivity index (χ3n) is 2.22. The van der Waals surface area contributed by atoms with Gasteiger partial charge in [-0.3, -0.25) is 0 Å². The van der Waals surface area contributed by atoms with Gasteiger partial charge in [0.15, 0.2) is 0 Å². The normalized spacial score (nSPS) is 11.7. The first kappa shape index (κ1) is 13.7. The lowest BCUT2D eigenvalue weighted by Gasteiger charge is -2.15. The number of hydrogen-bond donors (Lipinski definition) is 1. The van der Waals surface area contributed by atoms with E-state index < -0.39 is 11.7 Å². The van der Waals surface area contributed by atoms with E-state index in [-0.39, 0.29) is 5.75 Å². The molecule has 1 aromatic carbocycles. The van der Waals surface area contributed by atoms with E-state index in [2.05, 4.69) is 5.32 Å². The highest BCUT2D eigenvalue weighted by Crippen LogP contribution is 2.37. The zero-order chi connectivity index (χ0) is 13.1. The Morgan fingerprint density at radius 3 is 2.41 bits per heavy atom. The number of alkyl halides is 3. The van der Waals surface area contributed by atoms with E-state index in [0.717, 1.165) is 6.07 Å².